The summed E-state index contributed by atoms with van der Waals surface area (Å²) in [6, 6.07) is 0. The normalized spacial score (nSPS) is 13.0. The van der Waals surface area contributed by atoms with Gasteiger partial charge in [0.15, 0.2) is 10.8 Å². The topological polar surface area (TPSA) is 127 Å². The number of rotatable bonds is 5. The summed E-state index contributed by atoms with van der Waals surface area (Å²) in [7, 11) is -3.96. The van der Waals surface area contributed by atoms with Gasteiger partial charge in [0.05, 0.1) is 12.5 Å². The molecule has 0 amide bonds. The van der Waals surface area contributed by atoms with Gasteiger partial charge < -0.3 is 20.1 Å². The van der Waals surface area contributed by atoms with Crippen molar-refractivity contribution >= 4 is 36.3 Å². The van der Waals surface area contributed by atoms with Crippen molar-refractivity contribution in [2.75, 3.05) is 11.9 Å². The van der Waals surface area contributed by atoms with Crippen LogP contribution in [-0.2, 0) is 11.1 Å². The minimum absolute atomic E-state index is 0.0670. The van der Waals surface area contributed by atoms with Crippen molar-refractivity contribution in [1.82, 2.24) is 19.5 Å². The van der Waals surface area contributed by atoms with Gasteiger partial charge in [-0.15, -0.1) is 0 Å². The first-order valence-corrected chi connectivity index (χ1v) is 8.28. The Morgan fingerprint density at radius 1 is 1.52 bits per heavy atom. The summed E-state index contributed by atoms with van der Waals surface area (Å²) in [5, 5.41) is 0.194. The van der Waals surface area contributed by atoms with E-state index in [0.717, 1.165) is 5.57 Å². The Hall–Kier alpha value is -1.47. The lowest BCUT2D eigenvalue weighted by atomic mass is 10.2. The third-order valence-electron chi connectivity index (χ3n) is 2.77. The van der Waals surface area contributed by atoms with E-state index >= 15 is 0 Å². The third kappa shape index (κ3) is 4.25. The monoisotopic (exact) mass is 331 g/mol. The first-order chi connectivity index (χ1) is 9.76. The SMILES string of the molecule is CC(=CCCP(=O)(O)O)Cn1cnc2c(Cl)nc(N)nc21. The average Bonchev–Trinajstić information content (AvgIpc) is 2.71. The zero-order valence-electron chi connectivity index (χ0n) is 11.3. The maximum absolute atomic E-state index is 10.8. The van der Waals surface area contributed by atoms with E-state index in [4.69, 9.17) is 27.1 Å². The van der Waals surface area contributed by atoms with Gasteiger partial charge in [0.25, 0.3) is 0 Å². The lowest BCUT2D eigenvalue weighted by Gasteiger charge is -2.05. The van der Waals surface area contributed by atoms with Gasteiger partial charge in [-0.3, -0.25) is 4.57 Å². The number of nitrogens with two attached hydrogens (primary N) is 1. The summed E-state index contributed by atoms with van der Waals surface area (Å²) in [5.74, 6) is 0.0670. The Labute approximate surface area is 125 Å². The molecular formula is C11H15ClN5O3P. The molecule has 114 valence electrons. The Morgan fingerprint density at radius 2 is 2.24 bits per heavy atom. The van der Waals surface area contributed by atoms with Crippen molar-refractivity contribution in [2.24, 2.45) is 0 Å². The van der Waals surface area contributed by atoms with E-state index in [0.29, 0.717) is 24.1 Å². The second-order valence-electron chi connectivity index (χ2n) is 4.64. The van der Waals surface area contributed by atoms with Crippen molar-refractivity contribution in [3.8, 4) is 0 Å². The van der Waals surface area contributed by atoms with Crippen LogP contribution in [0.3, 0.4) is 0 Å². The minimum atomic E-state index is -3.96. The summed E-state index contributed by atoms with van der Waals surface area (Å²) in [5.41, 5.74) is 7.48. The summed E-state index contributed by atoms with van der Waals surface area (Å²) >= 11 is 5.94. The van der Waals surface area contributed by atoms with Crippen molar-refractivity contribution in [2.45, 2.75) is 19.9 Å². The molecule has 0 saturated heterocycles. The van der Waals surface area contributed by atoms with E-state index in [1.165, 1.54) is 0 Å². The molecule has 0 saturated carbocycles. The summed E-state index contributed by atoms with van der Waals surface area (Å²) in [6.07, 6.45) is 3.48. The Morgan fingerprint density at radius 3 is 2.90 bits per heavy atom. The van der Waals surface area contributed by atoms with Crippen LogP contribution in [0, 0.1) is 0 Å². The second-order valence-corrected chi connectivity index (χ2v) is 6.78. The molecule has 0 spiro atoms. The van der Waals surface area contributed by atoms with E-state index in [1.54, 1.807) is 17.0 Å². The Balaban J connectivity index is 2.16. The van der Waals surface area contributed by atoms with Gasteiger partial charge in [0.2, 0.25) is 5.95 Å². The molecule has 10 heteroatoms. The second kappa shape index (κ2) is 6.11. The van der Waals surface area contributed by atoms with Gasteiger partial charge in [0, 0.05) is 6.54 Å². The number of halogens is 1. The fourth-order valence-electron chi connectivity index (χ4n) is 1.85. The van der Waals surface area contributed by atoms with Crippen LogP contribution >= 0.6 is 19.2 Å². The first-order valence-electron chi connectivity index (χ1n) is 6.10. The van der Waals surface area contributed by atoms with Crippen LogP contribution in [0.4, 0.5) is 5.95 Å². The summed E-state index contributed by atoms with van der Waals surface area (Å²) in [6.45, 7) is 2.34. The number of imidazole rings is 1. The van der Waals surface area contributed by atoms with Gasteiger partial charge in [-0.25, -0.2) is 4.98 Å². The molecule has 0 aliphatic rings. The maximum Gasteiger partial charge on any atom is 0.325 e. The van der Waals surface area contributed by atoms with E-state index < -0.39 is 7.60 Å². The molecule has 0 radical (unpaired) electrons. The fourth-order valence-corrected chi connectivity index (χ4v) is 2.54. The van der Waals surface area contributed by atoms with Crippen LogP contribution in [0.15, 0.2) is 18.0 Å². The van der Waals surface area contributed by atoms with E-state index in [2.05, 4.69) is 15.0 Å². The Kier molecular flexibility index (Phi) is 4.63. The van der Waals surface area contributed by atoms with Gasteiger partial charge in [-0.05, 0) is 13.3 Å². The Bertz CT molecular complexity index is 739. The predicted octanol–water partition coefficient (Wildman–Crippen LogP) is 1.58. The van der Waals surface area contributed by atoms with Crippen molar-refractivity contribution in [3.05, 3.63) is 23.1 Å². The van der Waals surface area contributed by atoms with Gasteiger partial charge in [-0.1, -0.05) is 23.3 Å². The molecule has 2 rings (SSSR count). The maximum atomic E-state index is 10.8. The highest BCUT2D eigenvalue weighted by Gasteiger charge is 2.12. The smallest absolute Gasteiger partial charge is 0.325 e. The number of fused-ring (bicyclic) bond motifs is 1. The molecule has 8 nitrogen and oxygen atoms in total. The average molecular weight is 332 g/mol. The predicted molar refractivity (Wildman–Crippen MR) is 80.0 cm³/mol. The lowest BCUT2D eigenvalue weighted by Crippen LogP contribution is -2.02. The van der Waals surface area contributed by atoms with Gasteiger partial charge >= 0.3 is 7.60 Å². The summed E-state index contributed by atoms with van der Waals surface area (Å²) in [4.78, 5) is 29.7. The van der Waals surface area contributed by atoms with Crippen molar-refractivity contribution in [3.63, 3.8) is 0 Å². The van der Waals surface area contributed by atoms with Crippen LogP contribution in [0.2, 0.25) is 5.15 Å². The molecular weight excluding hydrogens is 317 g/mol. The van der Waals surface area contributed by atoms with Crippen molar-refractivity contribution < 1.29 is 14.4 Å². The largest absolute Gasteiger partial charge is 0.368 e. The zero-order valence-corrected chi connectivity index (χ0v) is 12.9. The van der Waals surface area contributed by atoms with Crippen LogP contribution < -0.4 is 5.73 Å². The number of anilines is 1. The van der Waals surface area contributed by atoms with Crippen molar-refractivity contribution in [1.29, 1.82) is 0 Å². The van der Waals surface area contributed by atoms with Gasteiger partial charge in [-0.2, -0.15) is 9.97 Å². The third-order valence-corrected chi connectivity index (χ3v) is 3.88. The quantitative estimate of drug-likeness (QED) is 0.431. The number of nitrogens with zero attached hydrogens (tertiary/aromatic N) is 4. The standard InChI is InChI=1S/C11H15ClN5O3P/c1-7(3-2-4-21(18,19)20)5-17-6-14-8-9(12)15-11(13)16-10(8)17/h3,6H,2,4-5H2,1H3,(H2,13,15,16)(H2,18,19,20). The molecule has 2 aromatic heterocycles. The molecule has 0 fully saturated rings. The summed E-state index contributed by atoms with van der Waals surface area (Å²) < 4.78 is 12.5. The molecule has 2 aromatic rings. The van der Waals surface area contributed by atoms with E-state index in [-0.39, 0.29) is 17.3 Å². The molecule has 21 heavy (non-hydrogen) atoms. The molecule has 0 aliphatic heterocycles. The highest BCUT2D eigenvalue weighted by atomic mass is 35.5. The number of hydrogen-bond acceptors (Lipinski definition) is 5. The number of hydrogen-bond donors (Lipinski definition) is 3. The van der Waals surface area contributed by atoms with Crippen LogP contribution in [-0.4, -0.2) is 35.5 Å². The van der Waals surface area contributed by atoms with E-state index in [9.17, 15) is 4.57 Å². The molecule has 0 bridgehead atoms. The van der Waals surface area contributed by atoms with Crippen LogP contribution in [0.5, 0.6) is 0 Å². The number of allylic oxidation sites excluding steroid dienone is 2. The van der Waals surface area contributed by atoms with Gasteiger partial charge in [0.1, 0.15) is 5.52 Å². The number of aromatic nitrogens is 4. The zero-order chi connectivity index (χ0) is 15.6. The molecule has 4 N–H and O–H groups in total. The molecule has 0 unspecified atom stereocenters. The fraction of sp³-hybridized carbons (Fsp3) is 0.364. The molecule has 0 atom stereocenters. The van der Waals surface area contributed by atoms with E-state index in [1.807, 2.05) is 6.92 Å². The lowest BCUT2D eigenvalue weighted by molar-refractivity contribution is 0.373. The van der Waals surface area contributed by atoms with Crippen LogP contribution in [0.25, 0.3) is 11.2 Å². The highest BCUT2D eigenvalue weighted by Crippen LogP contribution is 2.35. The first kappa shape index (κ1) is 15.9. The van der Waals surface area contributed by atoms with Crippen LogP contribution in [0.1, 0.15) is 13.3 Å². The molecule has 0 aliphatic carbocycles. The minimum Gasteiger partial charge on any atom is -0.368 e. The molecule has 0 aromatic carbocycles. The number of nitrogen functional groups attached to an aromatic ring is 1. The highest BCUT2D eigenvalue weighted by molar-refractivity contribution is 7.51. The molecule has 2 heterocycles.